The zero-order chi connectivity index (χ0) is 19.0. The predicted molar refractivity (Wildman–Crippen MR) is 109 cm³/mol. The van der Waals surface area contributed by atoms with E-state index in [4.69, 9.17) is 5.10 Å². The first-order chi connectivity index (χ1) is 13.0. The number of rotatable bonds is 4. The highest BCUT2D eigenvalue weighted by Gasteiger charge is 2.31. The molecule has 1 saturated carbocycles. The fourth-order valence-electron chi connectivity index (χ4n) is 4.10. The van der Waals surface area contributed by atoms with Crippen LogP contribution in [0.2, 0.25) is 0 Å². The molecule has 2 heterocycles. The number of amides is 1. The van der Waals surface area contributed by atoms with Gasteiger partial charge in [-0.3, -0.25) is 9.69 Å². The maximum absolute atomic E-state index is 13.2. The number of hydrogen-bond acceptors (Lipinski definition) is 2. The van der Waals surface area contributed by atoms with Crippen LogP contribution in [-0.4, -0.2) is 26.7 Å². The average molecular weight is 364 g/mol. The van der Waals surface area contributed by atoms with Gasteiger partial charge in [0.1, 0.15) is 0 Å². The van der Waals surface area contributed by atoms with Crippen molar-refractivity contribution >= 4 is 22.6 Å². The zero-order valence-electron chi connectivity index (χ0n) is 16.4. The molecule has 1 fully saturated rings. The summed E-state index contributed by atoms with van der Waals surface area (Å²) in [6.07, 6.45) is 8.15. The Kier molecular flexibility index (Phi) is 4.77. The first kappa shape index (κ1) is 17.8. The largest absolute Gasteiger partial charge is 0.361 e. The van der Waals surface area contributed by atoms with E-state index in [0.29, 0.717) is 0 Å². The number of anilines is 1. The van der Waals surface area contributed by atoms with Crippen LogP contribution in [-0.2, 0) is 4.79 Å². The van der Waals surface area contributed by atoms with Crippen LogP contribution in [0.15, 0.2) is 42.7 Å². The molecule has 0 unspecified atom stereocenters. The Morgan fingerprint density at radius 3 is 2.70 bits per heavy atom. The van der Waals surface area contributed by atoms with Gasteiger partial charge in [-0.2, -0.15) is 0 Å². The van der Waals surface area contributed by atoms with Crippen molar-refractivity contribution in [2.75, 3.05) is 4.90 Å². The summed E-state index contributed by atoms with van der Waals surface area (Å²) in [7, 11) is 0. The first-order valence-corrected chi connectivity index (χ1v) is 9.99. The lowest BCUT2D eigenvalue weighted by molar-refractivity contribution is -0.123. The summed E-state index contributed by atoms with van der Waals surface area (Å²) < 4.78 is 1.85. The summed E-state index contributed by atoms with van der Waals surface area (Å²) in [4.78, 5) is 18.3. The van der Waals surface area contributed by atoms with E-state index in [1.165, 1.54) is 5.39 Å². The third-order valence-electron chi connectivity index (χ3n) is 5.74. The van der Waals surface area contributed by atoms with Crippen molar-refractivity contribution in [3.8, 4) is 5.69 Å². The highest BCUT2D eigenvalue weighted by molar-refractivity contribution is 5.94. The van der Waals surface area contributed by atoms with E-state index in [-0.39, 0.29) is 17.9 Å². The molecule has 27 heavy (non-hydrogen) atoms. The summed E-state index contributed by atoms with van der Waals surface area (Å²) >= 11 is 0. The minimum Gasteiger partial charge on any atom is -0.361 e. The predicted octanol–water partition coefficient (Wildman–Crippen LogP) is 4.92. The van der Waals surface area contributed by atoms with E-state index in [1.54, 1.807) is 0 Å². The number of nitrogens with one attached hydrogen (secondary N) is 1. The molecule has 1 aliphatic carbocycles. The second kappa shape index (κ2) is 7.22. The molecule has 1 amide bonds. The molecule has 0 spiro atoms. The van der Waals surface area contributed by atoms with Gasteiger partial charge in [-0.15, -0.1) is 5.10 Å². The van der Waals surface area contributed by atoms with Crippen molar-refractivity contribution in [1.82, 2.24) is 14.8 Å². The molecule has 0 atom stereocenters. The molecule has 2 aromatic heterocycles. The molecular formula is C22H28N4O. The number of carbonyl (C=O) groups is 1. The molecule has 1 aliphatic rings. The Morgan fingerprint density at radius 2 is 1.96 bits per heavy atom. The van der Waals surface area contributed by atoms with Crippen LogP contribution >= 0.6 is 0 Å². The maximum atomic E-state index is 13.2. The number of nitrogens with zero attached hydrogens (tertiary/aromatic N) is 3. The van der Waals surface area contributed by atoms with E-state index in [2.05, 4.69) is 50.0 Å². The Bertz CT molecular complexity index is 931. The van der Waals surface area contributed by atoms with Gasteiger partial charge < -0.3 is 4.98 Å². The van der Waals surface area contributed by atoms with Gasteiger partial charge in [-0.25, -0.2) is 4.68 Å². The number of hydrogen-bond donors (Lipinski definition) is 1. The molecule has 0 saturated heterocycles. The molecule has 1 N–H and O–H groups in total. The van der Waals surface area contributed by atoms with Crippen molar-refractivity contribution in [2.45, 2.75) is 52.5 Å². The van der Waals surface area contributed by atoms with Gasteiger partial charge >= 0.3 is 0 Å². The lowest BCUT2D eigenvalue weighted by Gasteiger charge is -2.32. The lowest BCUT2D eigenvalue weighted by atomic mass is 9.82. The molecule has 0 aliphatic heterocycles. The second-order valence-corrected chi connectivity index (χ2v) is 8.13. The Morgan fingerprint density at radius 1 is 1.19 bits per heavy atom. The molecule has 3 aromatic rings. The van der Waals surface area contributed by atoms with Crippen LogP contribution in [0.5, 0.6) is 0 Å². The van der Waals surface area contributed by atoms with Crippen molar-refractivity contribution in [1.29, 1.82) is 0 Å². The zero-order valence-corrected chi connectivity index (χ0v) is 16.4. The van der Waals surface area contributed by atoms with Crippen molar-refractivity contribution in [3.05, 3.63) is 42.7 Å². The Balaban J connectivity index is 1.59. The molecule has 0 bridgehead atoms. The maximum Gasteiger partial charge on any atom is 0.231 e. The highest BCUT2D eigenvalue weighted by Crippen LogP contribution is 2.31. The molecular weight excluding hydrogens is 336 g/mol. The smallest absolute Gasteiger partial charge is 0.231 e. The minimum atomic E-state index is 0.0890. The summed E-state index contributed by atoms with van der Waals surface area (Å²) in [5.41, 5.74) is 2.07. The van der Waals surface area contributed by atoms with Crippen LogP contribution < -0.4 is 4.90 Å². The van der Waals surface area contributed by atoms with Gasteiger partial charge in [0.2, 0.25) is 5.91 Å². The standard InChI is InChI=1S/C22H28N4O/c1-15(2)26(22(27)18-6-4-16(3)5-7-18)21-11-13-25(24-21)19-9-8-17-10-12-23-20(17)14-19/h8-16,18,23H,4-7H2,1-3H3. The normalized spacial score (nSPS) is 20.3. The highest BCUT2D eigenvalue weighted by atomic mass is 16.2. The third-order valence-corrected chi connectivity index (χ3v) is 5.74. The molecule has 5 nitrogen and oxygen atoms in total. The van der Waals surface area contributed by atoms with Gasteiger partial charge in [-0.1, -0.05) is 13.0 Å². The molecule has 1 aromatic carbocycles. The van der Waals surface area contributed by atoms with Gasteiger partial charge in [0, 0.05) is 35.9 Å². The number of fused-ring (bicyclic) bond motifs is 1. The number of aromatic nitrogens is 3. The van der Waals surface area contributed by atoms with E-state index in [0.717, 1.165) is 48.6 Å². The van der Waals surface area contributed by atoms with Crippen molar-refractivity contribution < 1.29 is 4.79 Å². The van der Waals surface area contributed by atoms with Crippen molar-refractivity contribution in [3.63, 3.8) is 0 Å². The summed E-state index contributed by atoms with van der Waals surface area (Å²) in [6.45, 7) is 6.41. The molecule has 142 valence electrons. The van der Waals surface area contributed by atoms with Crippen LogP contribution in [0.25, 0.3) is 16.6 Å². The van der Waals surface area contributed by atoms with Gasteiger partial charge in [0.25, 0.3) is 0 Å². The lowest BCUT2D eigenvalue weighted by Crippen LogP contribution is -2.42. The molecule has 0 radical (unpaired) electrons. The van der Waals surface area contributed by atoms with Crippen LogP contribution in [0.4, 0.5) is 5.82 Å². The van der Waals surface area contributed by atoms with E-state index in [1.807, 2.05) is 28.0 Å². The fourth-order valence-corrected chi connectivity index (χ4v) is 4.10. The topological polar surface area (TPSA) is 53.9 Å². The van der Waals surface area contributed by atoms with Crippen molar-refractivity contribution in [2.24, 2.45) is 11.8 Å². The van der Waals surface area contributed by atoms with E-state index in [9.17, 15) is 4.79 Å². The number of aromatic amines is 1. The summed E-state index contributed by atoms with van der Waals surface area (Å²) in [5, 5.41) is 5.91. The van der Waals surface area contributed by atoms with Gasteiger partial charge in [0.15, 0.2) is 5.82 Å². The van der Waals surface area contributed by atoms with Gasteiger partial charge in [-0.05, 0) is 69.0 Å². The van der Waals surface area contributed by atoms with E-state index >= 15 is 0 Å². The van der Waals surface area contributed by atoms with Crippen LogP contribution in [0.3, 0.4) is 0 Å². The number of H-pyrrole nitrogens is 1. The van der Waals surface area contributed by atoms with Crippen LogP contribution in [0.1, 0.15) is 46.5 Å². The first-order valence-electron chi connectivity index (χ1n) is 9.99. The Hall–Kier alpha value is -2.56. The summed E-state index contributed by atoms with van der Waals surface area (Å²) in [6, 6.07) is 10.3. The van der Waals surface area contributed by atoms with E-state index < -0.39 is 0 Å². The third kappa shape index (κ3) is 3.51. The second-order valence-electron chi connectivity index (χ2n) is 8.13. The minimum absolute atomic E-state index is 0.0890. The number of carbonyl (C=O) groups excluding carboxylic acids is 1. The van der Waals surface area contributed by atoms with Gasteiger partial charge in [0.05, 0.1) is 5.69 Å². The fraction of sp³-hybridized carbons (Fsp3) is 0.455. The SMILES string of the molecule is CC1CCC(C(=O)N(c2ccn(-c3ccc4cc[nH]c4c3)n2)C(C)C)CC1. The quantitative estimate of drug-likeness (QED) is 0.714. The number of benzene rings is 1. The molecule has 5 heteroatoms. The molecule has 4 rings (SSSR count). The summed E-state index contributed by atoms with van der Waals surface area (Å²) in [5.74, 6) is 1.83. The Labute approximate surface area is 160 Å². The van der Waals surface area contributed by atoms with Crippen LogP contribution in [0, 0.1) is 11.8 Å². The average Bonchev–Trinajstić information content (AvgIpc) is 3.30. The monoisotopic (exact) mass is 364 g/mol.